The number of hydrogen-bond acceptors (Lipinski definition) is 2. The van der Waals surface area contributed by atoms with Gasteiger partial charge in [0.15, 0.2) is 0 Å². The van der Waals surface area contributed by atoms with Gasteiger partial charge in [0.05, 0.1) is 12.5 Å². The summed E-state index contributed by atoms with van der Waals surface area (Å²) in [7, 11) is 0. The lowest BCUT2D eigenvalue weighted by Crippen LogP contribution is -2.54. The molecule has 0 aromatic carbocycles. The minimum atomic E-state index is 0.259. The molecule has 122 valence electrons. The van der Waals surface area contributed by atoms with E-state index in [0.717, 1.165) is 25.7 Å². The fraction of sp³-hybridized carbons (Fsp3) is 0.750. The zero-order valence-electron chi connectivity index (χ0n) is 14.5. The lowest BCUT2D eigenvalue weighted by Gasteiger charge is -2.60. The first kappa shape index (κ1) is 15.8. The zero-order valence-corrected chi connectivity index (χ0v) is 14.5. The third-order valence-electron chi connectivity index (χ3n) is 7.46. The normalized spacial score (nSPS) is 42.2. The summed E-state index contributed by atoms with van der Waals surface area (Å²) >= 11 is 0. The molecular weight excluding hydrogens is 272 g/mol. The van der Waals surface area contributed by atoms with Crippen molar-refractivity contribution in [2.75, 3.05) is 0 Å². The Labute approximate surface area is 134 Å². The average Bonchev–Trinajstić information content (AvgIpc) is 2.98. The Bertz CT molecular complexity index is 532. The van der Waals surface area contributed by atoms with Crippen molar-refractivity contribution in [1.82, 2.24) is 0 Å². The predicted molar refractivity (Wildman–Crippen MR) is 88.5 cm³/mol. The fourth-order valence-corrected chi connectivity index (χ4v) is 5.34. The number of aryl methyl sites for hydroxylation is 1. The molecule has 2 fully saturated rings. The van der Waals surface area contributed by atoms with Gasteiger partial charge in [0.2, 0.25) is 0 Å². The van der Waals surface area contributed by atoms with E-state index in [-0.39, 0.29) is 5.41 Å². The second-order valence-electron chi connectivity index (χ2n) is 8.48. The van der Waals surface area contributed by atoms with Crippen LogP contribution in [0.5, 0.6) is 0 Å². The number of carbonyl (C=O) groups is 1. The molecule has 0 amide bonds. The summed E-state index contributed by atoms with van der Waals surface area (Å²) in [5.41, 5.74) is 1.89. The maximum atomic E-state index is 12.3. The zero-order chi connectivity index (χ0) is 16.0. The standard InChI is InChI=1S/C20H30O2/c1-14-5-8-20(4)15(2)11-17(21)12-18(20)19(14,3)9-6-16-7-10-22-13-16/h7,10,13-15,18H,5-6,8-9,11-12H2,1-4H3/t14-,15-,18-,19+,20+/m1/s1. The van der Waals surface area contributed by atoms with Gasteiger partial charge < -0.3 is 4.42 Å². The van der Waals surface area contributed by atoms with Crippen LogP contribution in [-0.2, 0) is 11.2 Å². The highest BCUT2D eigenvalue weighted by atomic mass is 16.3. The van der Waals surface area contributed by atoms with Gasteiger partial charge in [0.25, 0.3) is 0 Å². The van der Waals surface area contributed by atoms with E-state index in [1.54, 1.807) is 6.26 Å². The highest BCUT2D eigenvalue weighted by molar-refractivity contribution is 5.80. The van der Waals surface area contributed by atoms with Crippen molar-refractivity contribution in [3.05, 3.63) is 24.2 Å². The first-order valence-electron chi connectivity index (χ1n) is 8.89. The third-order valence-corrected chi connectivity index (χ3v) is 7.46. The lowest BCUT2D eigenvalue weighted by molar-refractivity contribution is -0.145. The molecule has 0 unspecified atom stereocenters. The number of Topliss-reactive ketones (excluding diaryl/α,β-unsaturated/α-hetero) is 1. The number of ketones is 1. The van der Waals surface area contributed by atoms with Crippen molar-refractivity contribution in [3.63, 3.8) is 0 Å². The van der Waals surface area contributed by atoms with Gasteiger partial charge in [0.1, 0.15) is 5.78 Å². The molecule has 0 bridgehead atoms. The maximum Gasteiger partial charge on any atom is 0.133 e. The molecule has 3 rings (SSSR count). The lowest BCUT2D eigenvalue weighted by atomic mass is 9.44. The van der Waals surface area contributed by atoms with E-state index >= 15 is 0 Å². The molecule has 0 radical (unpaired) electrons. The monoisotopic (exact) mass is 302 g/mol. The average molecular weight is 302 g/mol. The van der Waals surface area contributed by atoms with Gasteiger partial charge in [0, 0.05) is 12.8 Å². The number of fused-ring (bicyclic) bond motifs is 1. The second kappa shape index (κ2) is 5.54. The van der Waals surface area contributed by atoms with Crippen LogP contribution in [0.25, 0.3) is 0 Å². The molecular formula is C20H30O2. The van der Waals surface area contributed by atoms with E-state index in [1.807, 2.05) is 6.26 Å². The van der Waals surface area contributed by atoms with Crippen LogP contribution >= 0.6 is 0 Å². The first-order chi connectivity index (χ1) is 10.4. The van der Waals surface area contributed by atoms with Crippen LogP contribution in [0.15, 0.2) is 23.0 Å². The highest BCUT2D eigenvalue weighted by Gasteiger charge is 2.56. The summed E-state index contributed by atoms with van der Waals surface area (Å²) in [6.07, 6.45) is 10.0. The molecule has 2 heteroatoms. The molecule has 0 spiro atoms. The first-order valence-corrected chi connectivity index (χ1v) is 8.89. The van der Waals surface area contributed by atoms with Crippen LogP contribution in [0.1, 0.15) is 65.4 Å². The fourth-order valence-electron chi connectivity index (χ4n) is 5.34. The summed E-state index contributed by atoms with van der Waals surface area (Å²) in [5, 5.41) is 0. The Morgan fingerprint density at radius 2 is 2.00 bits per heavy atom. The maximum absolute atomic E-state index is 12.3. The highest BCUT2D eigenvalue weighted by Crippen LogP contribution is 2.62. The molecule has 22 heavy (non-hydrogen) atoms. The molecule has 0 saturated heterocycles. The predicted octanol–water partition coefficient (Wildman–Crippen LogP) is 5.27. The summed E-state index contributed by atoms with van der Waals surface area (Å²) in [5.74, 6) is 2.24. The van der Waals surface area contributed by atoms with Gasteiger partial charge in [-0.2, -0.15) is 0 Å². The molecule has 0 aliphatic heterocycles. The van der Waals surface area contributed by atoms with Crippen LogP contribution in [-0.4, -0.2) is 5.78 Å². The van der Waals surface area contributed by atoms with E-state index in [2.05, 4.69) is 33.8 Å². The molecule has 5 atom stereocenters. The summed E-state index contributed by atoms with van der Waals surface area (Å²) in [6.45, 7) is 9.61. The SMILES string of the molecule is C[C@@H]1CC[C@]2(C)[C@H](CC(=O)C[C@H]2C)[C@@]1(C)CCc1ccoc1. The van der Waals surface area contributed by atoms with E-state index in [0.29, 0.717) is 29.0 Å². The van der Waals surface area contributed by atoms with Crippen LogP contribution in [0.4, 0.5) is 0 Å². The van der Waals surface area contributed by atoms with Gasteiger partial charge in [-0.25, -0.2) is 0 Å². The van der Waals surface area contributed by atoms with Crippen molar-refractivity contribution in [2.24, 2.45) is 28.6 Å². The van der Waals surface area contributed by atoms with Gasteiger partial charge in [-0.15, -0.1) is 0 Å². The van der Waals surface area contributed by atoms with Crippen molar-refractivity contribution < 1.29 is 9.21 Å². The molecule has 2 aliphatic rings. The van der Waals surface area contributed by atoms with Crippen LogP contribution in [0.3, 0.4) is 0 Å². The Kier molecular flexibility index (Phi) is 3.99. The Balaban J connectivity index is 1.87. The Hall–Kier alpha value is -1.05. The number of carbonyl (C=O) groups excluding carboxylic acids is 1. The number of furan rings is 1. The molecule has 2 aliphatic carbocycles. The molecule has 1 heterocycles. The van der Waals surface area contributed by atoms with E-state index in [1.165, 1.54) is 18.4 Å². The van der Waals surface area contributed by atoms with Gasteiger partial charge >= 0.3 is 0 Å². The second-order valence-corrected chi connectivity index (χ2v) is 8.48. The summed E-state index contributed by atoms with van der Waals surface area (Å²) < 4.78 is 5.22. The number of rotatable bonds is 3. The third kappa shape index (κ3) is 2.45. The Morgan fingerprint density at radius 1 is 1.23 bits per heavy atom. The quantitative estimate of drug-likeness (QED) is 0.761. The van der Waals surface area contributed by atoms with Gasteiger partial charge in [-0.05, 0) is 65.9 Å². The van der Waals surface area contributed by atoms with Crippen LogP contribution in [0, 0.1) is 28.6 Å². The summed E-state index contributed by atoms with van der Waals surface area (Å²) in [6, 6.07) is 2.07. The van der Waals surface area contributed by atoms with Crippen LogP contribution in [0.2, 0.25) is 0 Å². The van der Waals surface area contributed by atoms with Gasteiger partial charge in [-0.1, -0.05) is 27.7 Å². The Morgan fingerprint density at radius 3 is 2.68 bits per heavy atom. The summed E-state index contributed by atoms with van der Waals surface area (Å²) in [4.78, 5) is 12.3. The molecule has 2 saturated carbocycles. The van der Waals surface area contributed by atoms with E-state index in [4.69, 9.17) is 4.42 Å². The smallest absolute Gasteiger partial charge is 0.133 e. The topological polar surface area (TPSA) is 30.2 Å². The number of hydrogen-bond donors (Lipinski definition) is 0. The molecule has 2 nitrogen and oxygen atoms in total. The van der Waals surface area contributed by atoms with Crippen molar-refractivity contribution in [2.45, 2.75) is 66.2 Å². The van der Waals surface area contributed by atoms with Crippen LogP contribution < -0.4 is 0 Å². The minimum absolute atomic E-state index is 0.259. The van der Waals surface area contributed by atoms with E-state index in [9.17, 15) is 4.79 Å². The van der Waals surface area contributed by atoms with Crippen molar-refractivity contribution in [1.29, 1.82) is 0 Å². The van der Waals surface area contributed by atoms with Crippen molar-refractivity contribution >= 4 is 5.78 Å². The molecule has 1 aromatic rings. The van der Waals surface area contributed by atoms with Gasteiger partial charge in [-0.3, -0.25) is 4.79 Å². The van der Waals surface area contributed by atoms with Crippen molar-refractivity contribution in [3.8, 4) is 0 Å². The molecule has 0 N–H and O–H groups in total. The molecule has 1 aromatic heterocycles. The van der Waals surface area contributed by atoms with E-state index < -0.39 is 0 Å². The minimum Gasteiger partial charge on any atom is -0.472 e. The largest absolute Gasteiger partial charge is 0.472 e.